The van der Waals surface area contributed by atoms with Crippen molar-refractivity contribution in [2.75, 3.05) is 29.1 Å². The largest absolute Gasteiger partial charge is 0.494 e. The Labute approximate surface area is 166 Å². The maximum atomic E-state index is 12.1. The molecule has 0 aliphatic rings. The van der Waals surface area contributed by atoms with Gasteiger partial charge in [-0.15, -0.1) is 0 Å². The van der Waals surface area contributed by atoms with Gasteiger partial charge in [0.1, 0.15) is 5.75 Å². The number of hydrogen-bond donors (Lipinski definition) is 3. The smallest absolute Gasteiger partial charge is 0.243 e. The van der Waals surface area contributed by atoms with Crippen LogP contribution in [0.4, 0.5) is 17.1 Å². The zero-order chi connectivity index (χ0) is 20.2. The average Bonchev–Trinajstić information content (AvgIpc) is 2.69. The molecule has 150 valence electrons. The molecule has 0 atom stereocenters. The van der Waals surface area contributed by atoms with Crippen LogP contribution in [0.15, 0.2) is 48.5 Å². The molecule has 6 nitrogen and oxygen atoms in total. The van der Waals surface area contributed by atoms with Crippen LogP contribution >= 0.6 is 0 Å². The molecule has 0 spiro atoms. The Kier molecular flexibility index (Phi) is 8.85. The number of benzene rings is 2. The van der Waals surface area contributed by atoms with Crippen molar-refractivity contribution in [3.05, 3.63) is 48.5 Å². The molecule has 6 heteroatoms. The molecule has 0 saturated heterocycles. The first-order valence-electron chi connectivity index (χ1n) is 9.77. The van der Waals surface area contributed by atoms with Crippen LogP contribution in [-0.4, -0.2) is 25.0 Å². The third-order valence-electron chi connectivity index (χ3n) is 4.06. The zero-order valence-corrected chi connectivity index (χ0v) is 16.6. The molecule has 0 heterocycles. The van der Waals surface area contributed by atoms with Crippen LogP contribution in [-0.2, 0) is 9.59 Å². The molecule has 2 aromatic carbocycles. The minimum atomic E-state index is -0.154. The van der Waals surface area contributed by atoms with E-state index < -0.39 is 0 Å². The topological polar surface area (TPSA) is 79.5 Å². The Bertz CT molecular complexity index is 760. The molecule has 0 radical (unpaired) electrons. The molecule has 0 aromatic heterocycles. The molecule has 0 aliphatic heterocycles. The Morgan fingerprint density at radius 1 is 0.857 bits per heavy atom. The van der Waals surface area contributed by atoms with Gasteiger partial charge in [0.25, 0.3) is 0 Å². The summed E-state index contributed by atoms with van der Waals surface area (Å²) in [4.78, 5) is 24.1. The van der Waals surface area contributed by atoms with Gasteiger partial charge in [0.05, 0.1) is 13.2 Å². The van der Waals surface area contributed by atoms with E-state index in [4.69, 9.17) is 4.74 Å². The second-order valence-corrected chi connectivity index (χ2v) is 6.45. The molecule has 0 bridgehead atoms. The van der Waals surface area contributed by atoms with Gasteiger partial charge in [-0.3, -0.25) is 9.59 Å². The van der Waals surface area contributed by atoms with Gasteiger partial charge in [-0.25, -0.2) is 0 Å². The molecule has 2 rings (SSSR count). The first kappa shape index (κ1) is 21.3. The van der Waals surface area contributed by atoms with Gasteiger partial charge in [-0.05, 0) is 55.8 Å². The van der Waals surface area contributed by atoms with Crippen molar-refractivity contribution in [1.82, 2.24) is 0 Å². The summed E-state index contributed by atoms with van der Waals surface area (Å²) in [5.74, 6) is 0.629. The lowest BCUT2D eigenvalue weighted by molar-refractivity contribution is -0.116. The number of ether oxygens (including phenoxy) is 1. The summed E-state index contributed by atoms with van der Waals surface area (Å²) < 4.78 is 5.38. The molecule has 2 aromatic rings. The van der Waals surface area contributed by atoms with Crippen LogP contribution in [0, 0.1) is 0 Å². The van der Waals surface area contributed by atoms with Gasteiger partial charge in [0.2, 0.25) is 11.8 Å². The maximum Gasteiger partial charge on any atom is 0.243 e. The van der Waals surface area contributed by atoms with Crippen molar-refractivity contribution in [3.8, 4) is 5.75 Å². The van der Waals surface area contributed by atoms with E-state index in [1.165, 1.54) is 0 Å². The van der Waals surface area contributed by atoms with Gasteiger partial charge in [-0.1, -0.05) is 25.8 Å². The second kappa shape index (κ2) is 11.6. The van der Waals surface area contributed by atoms with Crippen molar-refractivity contribution in [1.29, 1.82) is 0 Å². The van der Waals surface area contributed by atoms with Crippen LogP contribution in [0.2, 0.25) is 0 Å². The highest BCUT2D eigenvalue weighted by Gasteiger charge is 2.05. The second-order valence-electron chi connectivity index (χ2n) is 6.45. The van der Waals surface area contributed by atoms with E-state index in [-0.39, 0.29) is 18.4 Å². The number of unbranched alkanes of at least 4 members (excludes halogenated alkanes) is 2. The van der Waals surface area contributed by atoms with Gasteiger partial charge >= 0.3 is 0 Å². The van der Waals surface area contributed by atoms with Crippen LogP contribution in [0.3, 0.4) is 0 Å². The van der Waals surface area contributed by atoms with Crippen molar-refractivity contribution >= 4 is 28.9 Å². The fourth-order valence-corrected chi connectivity index (χ4v) is 2.65. The quantitative estimate of drug-likeness (QED) is 0.493. The van der Waals surface area contributed by atoms with Crippen molar-refractivity contribution < 1.29 is 14.3 Å². The molecule has 3 N–H and O–H groups in total. The fourth-order valence-electron chi connectivity index (χ4n) is 2.65. The maximum absolute atomic E-state index is 12.1. The number of nitrogens with one attached hydrogen (secondary N) is 3. The molecule has 0 fully saturated rings. The van der Waals surface area contributed by atoms with E-state index in [9.17, 15) is 9.59 Å². The Morgan fingerprint density at radius 3 is 2.29 bits per heavy atom. The molecular formula is C22H29N3O3. The number of rotatable bonds is 11. The SMILES string of the molecule is CCCCCC(=O)Nc1cccc(NCC(=O)Nc2ccc(OCC)cc2)c1. The summed E-state index contributed by atoms with van der Waals surface area (Å²) in [7, 11) is 0. The number of carbonyl (C=O) groups excluding carboxylic acids is 2. The lowest BCUT2D eigenvalue weighted by atomic mass is 10.2. The van der Waals surface area contributed by atoms with E-state index in [1.807, 2.05) is 43.3 Å². The van der Waals surface area contributed by atoms with Crippen molar-refractivity contribution in [3.63, 3.8) is 0 Å². The molecule has 0 aliphatic carbocycles. The van der Waals surface area contributed by atoms with Gasteiger partial charge < -0.3 is 20.7 Å². The van der Waals surface area contributed by atoms with Crippen LogP contribution in [0.25, 0.3) is 0 Å². The molecule has 0 unspecified atom stereocenters. The van der Waals surface area contributed by atoms with Crippen molar-refractivity contribution in [2.45, 2.75) is 39.5 Å². The van der Waals surface area contributed by atoms with E-state index in [0.717, 1.165) is 36.4 Å². The normalized spacial score (nSPS) is 10.2. The highest BCUT2D eigenvalue weighted by atomic mass is 16.5. The molecule has 0 saturated carbocycles. The summed E-state index contributed by atoms with van der Waals surface area (Å²) >= 11 is 0. The van der Waals surface area contributed by atoms with Crippen molar-refractivity contribution in [2.24, 2.45) is 0 Å². The number of hydrogen-bond acceptors (Lipinski definition) is 4. The van der Waals surface area contributed by atoms with Crippen LogP contribution in [0.1, 0.15) is 39.5 Å². The Balaban J connectivity index is 1.80. The third kappa shape index (κ3) is 7.70. The Hall–Kier alpha value is -3.02. The highest BCUT2D eigenvalue weighted by Crippen LogP contribution is 2.17. The van der Waals surface area contributed by atoms with E-state index >= 15 is 0 Å². The molecule has 28 heavy (non-hydrogen) atoms. The third-order valence-corrected chi connectivity index (χ3v) is 4.06. The number of anilines is 3. The minimum absolute atomic E-state index is 0.0128. The zero-order valence-electron chi connectivity index (χ0n) is 16.6. The lowest BCUT2D eigenvalue weighted by Crippen LogP contribution is -2.21. The van der Waals surface area contributed by atoms with Gasteiger partial charge in [0, 0.05) is 23.5 Å². The fraction of sp³-hybridized carbons (Fsp3) is 0.364. The molecule has 2 amide bonds. The summed E-state index contributed by atoms with van der Waals surface area (Å²) in [5.41, 5.74) is 2.20. The average molecular weight is 383 g/mol. The number of carbonyl (C=O) groups is 2. The minimum Gasteiger partial charge on any atom is -0.494 e. The van der Waals surface area contributed by atoms with Crippen LogP contribution < -0.4 is 20.7 Å². The van der Waals surface area contributed by atoms with Gasteiger partial charge in [0.15, 0.2) is 0 Å². The lowest BCUT2D eigenvalue weighted by Gasteiger charge is -2.10. The predicted octanol–water partition coefficient (Wildman–Crippen LogP) is 4.65. The van der Waals surface area contributed by atoms with Crippen LogP contribution in [0.5, 0.6) is 5.75 Å². The summed E-state index contributed by atoms with van der Waals surface area (Å²) in [6.07, 6.45) is 3.56. The van der Waals surface area contributed by atoms with Gasteiger partial charge in [-0.2, -0.15) is 0 Å². The first-order chi connectivity index (χ1) is 13.6. The van der Waals surface area contributed by atoms with E-state index in [2.05, 4.69) is 22.9 Å². The summed E-state index contributed by atoms with van der Waals surface area (Å²) in [6, 6.07) is 14.6. The standard InChI is InChI=1S/C22H29N3O3/c1-3-5-6-10-21(26)25-19-9-7-8-18(15-19)23-16-22(27)24-17-11-13-20(14-12-17)28-4-2/h7-9,11-15,23H,3-6,10,16H2,1-2H3,(H,24,27)(H,25,26). The Morgan fingerprint density at radius 2 is 1.57 bits per heavy atom. The first-order valence-corrected chi connectivity index (χ1v) is 9.77. The molecular weight excluding hydrogens is 354 g/mol. The number of amides is 2. The van der Waals surface area contributed by atoms with E-state index in [0.29, 0.717) is 18.7 Å². The summed E-state index contributed by atoms with van der Waals surface area (Å²) in [5, 5.41) is 8.80. The highest BCUT2D eigenvalue weighted by molar-refractivity contribution is 5.94. The monoisotopic (exact) mass is 383 g/mol. The van der Waals surface area contributed by atoms with E-state index in [1.54, 1.807) is 12.1 Å². The summed E-state index contributed by atoms with van der Waals surface area (Å²) in [6.45, 7) is 4.77. The predicted molar refractivity (Wildman–Crippen MR) is 114 cm³/mol.